The lowest BCUT2D eigenvalue weighted by atomic mass is 9.87. The number of methoxy groups -OCH3 is 1. The molecular weight excluding hydrogens is 792 g/mol. The van der Waals surface area contributed by atoms with E-state index < -0.39 is 41.0 Å². The number of carboxylic acid groups (broad SMARTS) is 1. The highest BCUT2D eigenvalue weighted by molar-refractivity contribution is 9.10. The quantitative estimate of drug-likeness (QED) is 0.110. The molecule has 0 radical (unpaired) electrons. The third-order valence-corrected chi connectivity index (χ3v) is 11.0. The summed E-state index contributed by atoms with van der Waals surface area (Å²) >= 11 is 3.21. The molecule has 0 unspecified atom stereocenters. The number of hydrogen-bond donors (Lipinski definition) is 3. The van der Waals surface area contributed by atoms with Gasteiger partial charge in [0.15, 0.2) is 11.5 Å². The van der Waals surface area contributed by atoms with Crippen molar-refractivity contribution < 1.29 is 62.7 Å². The first-order valence-electron chi connectivity index (χ1n) is 17.1. The SMILES string of the molecule is COC1=CC(=O)C=C(C)[C@]1(O)C(=O)Oc1c(C)c(C)c(C(=O)Oc2cc(C)c(C(=O)Oc3c(C)c(C)c(C(=O)O)c(-c4ccco4)c3C)c(C)c2C)c(O)c1Br. The number of phenols is 1. The summed E-state index contributed by atoms with van der Waals surface area (Å²) in [5.41, 5.74) is 0.736. The topological polar surface area (TPSA) is 196 Å². The number of ketones is 1. The van der Waals surface area contributed by atoms with Crippen LogP contribution in [0.1, 0.15) is 82.5 Å². The van der Waals surface area contributed by atoms with Crippen LogP contribution >= 0.6 is 15.9 Å². The van der Waals surface area contributed by atoms with Crippen molar-refractivity contribution in [3.05, 3.63) is 114 Å². The summed E-state index contributed by atoms with van der Waals surface area (Å²) < 4.78 is 27.8. The number of ether oxygens (including phenoxy) is 4. The molecule has 0 amide bonds. The van der Waals surface area contributed by atoms with Crippen LogP contribution in [0.2, 0.25) is 0 Å². The number of benzene rings is 3. The van der Waals surface area contributed by atoms with Crippen molar-refractivity contribution in [1.82, 2.24) is 0 Å². The Balaban J connectivity index is 1.46. The highest BCUT2D eigenvalue weighted by atomic mass is 79.9. The van der Waals surface area contributed by atoms with Crippen molar-refractivity contribution in [1.29, 1.82) is 0 Å². The summed E-state index contributed by atoms with van der Waals surface area (Å²) in [6, 6.07) is 4.74. The number of carboxylic acids is 1. The molecule has 56 heavy (non-hydrogen) atoms. The Morgan fingerprint density at radius 1 is 0.750 bits per heavy atom. The number of furan rings is 1. The maximum atomic E-state index is 13.9. The molecule has 1 aliphatic carbocycles. The first kappa shape index (κ1) is 41.2. The average molecular weight is 832 g/mol. The third-order valence-electron chi connectivity index (χ3n) is 10.3. The highest BCUT2D eigenvalue weighted by Gasteiger charge is 2.48. The second-order valence-corrected chi connectivity index (χ2v) is 14.3. The fourth-order valence-electron chi connectivity index (χ4n) is 6.75. The van der Waals surface area contributed by atoms with E-state index in [9.17, 15) is 39.3 Å². The maximum Gasteiger partial charge on any atom is 0.356 e. The number of esters is 3. The second-order valence-electron chi connectivity index (χ2n) is 13.5. The van der Waals surface area contributed by atoms with Gasteiger partial charge in [-0.3, -0.25) is 4.79 Å². The van der Waals surface area contributed by atoms with Crippen molar-refractivity contribution >= 4 is 45.6 Å². The van der Waals surface area contributed by atoms with Gasteiger partial charge >= 0.3 is 23.9 Å². The zero-order valence-corrected chi connectivity index (χ0v) is 33.9. The number of aromatic hydroxyl groups is 1. The Labute approximate surface area is 330 Å². The summed E-state index contributed by atoms with van der Waals surface area (Å²) in [5.74, 6) is -5.14. The fraction of sp³-hybridized carbons (Fsp3) is 0.262. The van der Waals surface area contributed by atoms with Gasteiger partial charge in [0, 0.05) is 17.2 Å². The Morgan fingerprint density at radius 3 is 1.93 bits per heavy atom. The van der Waals surface area contributed by atoms with E-state index in [0.717, 1.165) is 12.2 Å². The summed E-state index contributed by atoms with van der Waals surface area (Å²) in [7, 11) is 1.18. The van der Waals surface area contributed by atoms with Crippen LogP contribution in [0, 0.1) is 55.4 Å². The van der Waals surface area contributed by atoms with Gasteiger partial charge in [0.25, 0.3) is 0 Å². The Morgan fingerprint density at radius 2 is 1.34 bits per heavy atom. The molecule has 4 aromatic rings. The number of carbonyl (C=O) groups is 5. The van der Waals surface area contributed by atoms with Crippen LogP contribution in [-0.4, -0.2) is 57.7 Å². The van der Waals surface area contributed by atoms with E-state index in [1.165, 1.54) is 40.2 Å². The lowest BCUT2D eigenvalue weighted by Gasteiger charge is -2.30. The van der Waals surface area contributed by atoms with E-state index in [1.807, 2.05) is 0 Å². The van der Waals surface area contributed by atoms with Crippen molar-refractivity contribution in [3.8, 4) is 34.3 Å². The second kappa shape index (κ2) is 15.3. The Bertz CT molecular complexity index is 2420. The van der Waals surface area contributed by atoms with E-state index in [2.05, 4.69) is 15.9 Å². The zero-order valence-electron chi connectivity index (χ0n) is 32.3. The van der Waals surface area contributed by atoms with Crippen LogP contribution in [0.3, 0.4) is 0 Å². The van der Waals surface area contributed by atoms with Crippen LogP contribution in [0.4, 0.5) is 0 Å². The van der Waals surface area contributed by atoms with Crippen molar-refractivity contribution in [2.45, 2.75) is 67.9 Å². The summed E-state index contributed by atoms with van der Waals surface area (Å²) in [6.45, 7) is 14.3. The van der Waals surface area contributed by atoms with Crippen LogP contribution in [0.15, 0.2) is 56.8 Å². The van der Waals surface area contributed by atoms with Gasteiger partial charge < -0.3 is 38.7 Å². The Kier molecular flexibility index (Phi) is 11.2. The van der Waals surface area contributed by atoms with Crippen LogP contribution in [0.5, 0.6) is 23.0 Å². The van der Waals surface area contributed by atoms with E-state index >= 15 is 0 Å². The molecule has 1 heterocycles. The third kappa shape index (κ3) is 6.79. The minimum absolute atomic E-state index is 0.0330. The molecule has 1 aromatic heterocycles. The van der Waals surface area contributed by atoms with E-state index in [0.29, 0.717) is 39.1 Å². The summed E-state index contributed by atoms with van der Waals surface area (Å²) in [5, 5.41) is 32.6. The van der Waals surface area contributed by atoms with Gasteiger partial charge in [-0.1, -0.05) is 0 Å². The monoisotopic (exact) mass is 830 g/mol. The van der Waals surface area contributed by atoms with Gasteiger partial charge in [-0.05, 0) is 147 Å². The predicted molar refractivity (Wildman–Crippen MR) is 206 cm³/mol. The number of hydrogen-bond acceptors (Lipinski definition) is 12. The molecule has 3 N–H and O–H groups in total. The fourth-order valence-corrected chi connectivity index (χ4v) is 7.32. The molecular formula is C42H39BrO13. The molecule has 3 aromatic carbocycles. The van der Waals surface area contributed by atoms with Crippen molar-refractivity contribution in [2.75, 3.05) is 7.11 Å². The van der Waals surface area contributed by atoms with E-state index in [1.54, 1.807) is 53.7 Å². The highest BCUT2D eigenvalue weighted by Crippen LogP contribution is 2.45. The molecule has 14 heteroatoms. The van der Waals surface area contributed by atoms with Gasteiger partial charge in [0.05, 0.1) is 24.5 Å². The van der Waals surface area contributed by atoms with Crippen molar-refractivity contribution in [2.24, 2.45) is 0 Å². The van der Waals surface area contributed by atoms with E-state index in [-0.39, 0.29) is 66.4 Å². The molecule has 5 rings (SSSR count). The number of rotatable bonds is 9. The van der Waals surface area contributed by atoms with E-state index in [4.69, 9.17) is 23.4 Å². The number of allylic oxidation sites excluding steroid dienone is 2. The van der Waals surface area contributed by atoms with Crippen LogP contribution < -0.4 is 14.2 Å². The largest absolute Gasteiger partial charge is 0.506 e. The summed E-state index contributed by atoms with van der Waals surface area (Å²) in [4.78, 5) is 65.3. The molecule has 1 atom stereocenters. The molecule has 13 nitrogen and oxygen atoms in total. The first-order chi connectivity index (χ1) is 26.2. The standard InChI is InChI=1S/C42H39BrO13/c1-17-14-28(19(3)20(4)30(17)39(48)55-36-23(7)21(5)32(38(46)47)31(25(36)9)27-12-11-13-53-27)54-40(49)33-22(6)24(8)37(34(43)35(33)45)56-41(50)42(51)18(2)15-26(44)16-29(42)52-10/h11-16,45,51H,1-10H3,(H,46,47)/t42-/m1/s1. The average Bonchev–Trinajstić information content (AvgIpc) is 3.67. The molecule has 0 aliphatic heterocycles. The van der Waals surface area contributed by atoms with Gasteiger partial charge in [-0.2, -0.15) is 0 Å². The summed E-state index contributed by atoms with van der Waals surface area (Å²) in [6.07, 6.45) is 3.45. The molecule has 0 bridgehead atoms. The zero-order chi connectivity index (χ0) is 41.7. The molecule has 0 spiro atoms. The number of aliphatic hydroxyl groups is 1. The number of aromatic carboxylic acids is 1. The Hall–Kier alpha value is -5.99. The number of aryl methyl sites for hydroxylation is 1. The lowest BCUT2D eigenvalue weighted by Crippen LogP contribution is -2.47. The maximum absolute atomic E-state index is 13.9. The van der Waals surface area contributed by atoms with Gasteiger partial charge in [0.1, 0.15) is 38.8 Å². The lowest BCUT2D eigenvalue weighted by molar-refractivity contribution is -0.151. The molecule has 0 fully saturated rings. The minimum Gasteiger partial charge on any atom is -0.506 e. The number of phenolic OH excluding ortho intramolecular Hbond substituents is 1. The minimum atomic E-state index is -2.44. The van der Waals surface area contributed by atoms with Crippen molar-refractivity contribution in [3.63, 3.8) is 0 Å². The predicted octanol–water partition coefficient (Wildman–Crippen LogP) is 7.71. The molecule has 292 valence electrons. The molecule has 1 aliphatic rings. The van der Waals surface area contributed by atoms with Gasteiger partial charge in [-0.25, -0.2) is 19.2 Å². The van der Waals surface area contributed by atoms with Gasteiger partial charge in [0.2, 0.25) is 5.60 Å². The molecule has 0 saturated heterocycles. The smallest absolute Gasteiger partial charge is 0.356 e. The number of carbonyl (C=O) groups excluding carboxylic acids is 4. The first-order valence-corrected chi connectivity index (χ1v) is 17.9. The van der Waals surface area contributed by atoms with Crippen LogP contribution in [-0.2, 0) is 14.3 Å². The normalized spacial score (nSPS) is 15.2. The van der Waals surface area contributed by atoms with Gasteiger partial charge in [-0.15, -0.1) is 0 Å². The number of halogens is 1. The van der Waals surface area contributed by atoms with Crippen LogP contribution in [0.25, 0.3) is 11.3 Å². The molecule has 0 saturated carbocycles.